The lowest BCUT2D eigenvalue weighted by Gasteiger charge is -2.35. The number of imidazole rings is 1. The van der Waals surface area contributed by atoms with Gasteiger partial charge < -0.3 is 9.88 Å². The summed E-state index contributed by atoms with van der Waals surface area (Å²) in [5.41, 5.74) is 3.05. The van der Waals surface area contributed by atoms with Crippen molar-refractivity contribution in [3.63, 3.8) is 0 Å². The van der Waals surface area contributed by atoms with Crippen LogP contribution in [0.5, 0.6) is 0 Å². The van der Waals surface area contributed by atoms with Crippen molar-refractivity contribution in [2.45, 2.75) is 26.2 Å². The summed E-state index contributed by atoms with van der Waals surface area (Å²) in [7, 11) is 2.02. The largest absolute Gasteiger partial charge is 0.383 e. The standard InChI is InChI=1S/C15H18N4/c1-11-18-13-8-12(4-5-14(13)19(11)2)17-10-15(9-16)6-3-7-15/h4-5,8,17H,3,6-7,10H2,1-2H3. The number of aryl methyl sites for hydroxylation is 2. The lowest BCUT2D eigenvalue weighted by atomic mass is 9.70. The van der Waals surface area contributed by atoms with Crippen LogP contribution in [0, 0.1) is 23.7 Å². The van der Waals surface area contributed by atoms with Crippen LogP contribution in [0.15, 0.2) is 18.2 Å². The molecule has 0 saturated heterocycles. The molecular weight excluding hydrogens is 236 g/mol. The number of fused-ring (bicyclic) bond motifs is 1. The van der Waals surface area contributed by atoms with Crippen LogP contribution < -0.4 is 5.32 Å². The van der Waals surface area contributed by atoms with Crippen molar-refractivity contribution < 1.29 is 0 Å². The van der Waals surface area contributed by atoms with E-state index in [1.165, 1.54) is 6.42 Å². The predicted molar refractivity (Wildman–Crippen MR) is 75.8 cm³/mol. The van der Waals surface area contributed by atoms with Gasteiger partial charge in [0.15, 0.2) is 0 Å². The molecule has 19 heavy (non-hydrogen) atoms. The Morgan fingerprint density at radius 2 is 2.26 bits per heavy atom. The number of aromatic nitrogens is 2. The third kappa shape index (κ3) is 1.95. The van der Waals surface area contributed by atoms with Crippen LogP contribution in [0.3, 0.4) is 0 Å². The Labute approximate surface area is 113 Å². The van der Waals surface area contributed by atoms with E-state index in [0.29, 0.717) is 0 Å². The second kappa shape index (κ2) is 4.27. The molecule has 1 heterocycles. The molecule has 98 valence electrons. The van der Waals surface area contributed by atoms with E-state index in [9.17, 15) is 5.26 Å². The highest BCUT2D eigenvalue weighted by atomic mass is 15.1. The Bertz CT molecular complexity index is 659. The maximum Gasteiger partial charge on any atom is 0.106 e. The van der Waals surface area contributed by atoms with E-state index in [2.05, 4.69) is 39.1 Å². The topological polar surface area (TPSA) is 53.6 Å². The van der Waals surface area contributed by atoms with Gasteiger partial charge in [-0.05, 0) is 38.0 Å². The van der Waals surface area contributed by atoms with E-state index >= 15 is 0 Å². The third-order valence-electron chi connectivity index (χ3n) is 4.28. The van der Waals surface area contributed by atoms with Gasteiger partial charge in [0.25, 0.3) is 0 Å². The van der Waals surface area contributed by atoms with Crippen molar-refractivity contribution in [1.82, 2.24) is 9.55 Å². The zero-order valence-corrected chi connectivity index (χ0v) is 11.4. The van der Waals surface area contributed by atoms with Gasteiger partial charge >= 0.3 is 0 Å². The number of rotatable bonds is 3. The molecule has 1 fully saturated rings. The molecule has 1 aliphatic rings. The zero-order chi connectivity index (χ0) is 13.5. The fraction of sp³-hybridized carbons (Fsp3) is 0.467. The number of anilines is 1. The van der Waals surface area contributed by atoms with Gasteiger partial charge in [0.05, 0.1) is 22.5 Å². The summed E-state index contributed by atoms with van der Waals surface area (Å²) in [6.07, 6.45) is 3.20. The molecular formula is C15H18N4. The highest BCUT2D eigenvalue weighted by Crippen LogP contribution is 2.40. The Balaban J connectivity index is 1.80. The van der Waals surface area contributed by atoms with Crippen LogP contribution in [0.4, 0.5) is 5.69 Å². The van der Waals surface area contributed by atoms with E-state index < -0.39 is 0 Å². The van der Waals surface area contributed by atoms with Gasteiger partial charge in [0.1, 0.15) is 5.82 Å². The number of nitrogens with one attached hydrogen (secondary N) is 1. The molecule has 0 atom stereocenters. The molecule has 1 aromatic carbocycles. The molecule has 1 saturated carbocycles. The normalized spacial score (nSPS) is 16.9. The highest BCUT2D eigenvalue weighted by Gasteiger charge is 2.36. The second-order valence-corrected chi connectivity index (χ2v) is 5.52. The van der Waals surface area contributed by atoms with Crippen molar-refractivity contribution in [3.05, 3.63) is 24.0 Å². The van der Waals surface area contributed by atoms with E-state index in [-0.39, 0.29) is 5.41 Å². The van der Waals surface area contributed by atoms with Gasteiger partial charge in [-0.3, -0.25) is 0 Å². The molecule has 0 amide bonds. The molecule has 4 nitrogen and oxygen atoms in total. The number of nitrogens with zero attached hydrogens (tertiary/aromatic N) is 3. The molecule has 1 N–H and O–H groups in total. The van der Waals surface area contributed by atoms with Gasteiger partial charge in [-0.1, -0.05) is 6.42 Å². The smallest absolute Gasteiger partial charge is 0.106 e. The Morgan fingerprint density at radius 1 is 1.47 bits per heavy atom. The zero-order valence-electron chi connectivity index (χ0n) is 11.4. The molecule has 0 radical (unpaired) electrons. The first-order chi connectivity index (χ1) is 9.13. The molecule has 0 aliphatic heterocycles. The fourth-order valence-corrected chi connectivity index (χ4v) is 2.63. The van der Waals surface area contributed by atoms with Crippen molar-refractivity contribution in [1.29, 1.82) is 5.26 Å². The van der Waals surface area contributed by atoms with Gasteiger partial charge in [-0.15, -0.1) is 0 Å². The summed E-state index contributed by atoms with van der Waals surface area (Å²) in [5, 5.41) is 12.6. The summed E-state index contributed by atoms with van der Waals surface area (Å²) >= 11 is 0. The summed E-state index contributed by atoms with van der Waals surface area (Å²) in [6.45, 7) is 2.74. The first-order valence-electron chi connectivity index (χ1n) is 6.72. The maximum absolute atomic E-state index is 9.22. The fourth-order valence-electron chi connectivity index (χ4n) is 2.63. The number of hydrogen-bond donors (Lipinski definition) is 1. The van der Waals surface area contributed by atoms with Gasteiger partial charge in [-0.25, -0.2) is 4.98 Å². The van der Waals surface area contributed by atoms with Gasteiger partial charge in [-0.2, -0.15) is 5.26 Å². The molecule has 0 unspecified atom stereocenters. The molecule has 1 aromatic heterocycles. The van der Waals surface area contributed by atoms with E-state index in [0.717, 1.165) is 41.9 Å². The number of hydrogen-bond acceptors (Lipinski definition) is 3. The predicted octanol–water partition coefficient (Wildman–Crippen LogP) is 2.99. The SMILES string of the molecule is Cc1nc2cc(NCC3(C#N)CCC3)ccc2n1C. The summed E-state index contributed by atoms with van der Waals surface area (Å²) < 4.78 is 2.09. The average Bonchev–Trinajstić information content (AvgIpc) is 2.64. The molecule has 3 rings (SSSR count). The van der Waals surface area contributed by atoms with Crippen LogP contribution in [-0.4, -0.2) is 16.1 Å². The van der Waals surface area contributed by atoms with Crippen LogP contribution in [0.25, 0.3) is 11.0 Å². The third-order valence-corrected chi connectivity index (χ3v) is 4.28. The maximum atomic E-state index is 9.22. The Morgan fingerprint density at radius 3 is 2.89 bits per heavy atom. The highest BCUT2D eigenvalue weighted by molar-refractivity contribution is 5.80. The molecule has 2 aromatic rings. The van der Waals surface area contributed by atoms with Crippen molar-refractivity contribution >= 4 is 16.7 Å². The van der Waals surface area contributed by atoms with E-state index in [1.54, 1.807) is 0 Å². The Kier molecular flexibility index (Phi) is 2.70. The second-order valence-electron chi connectivity index (χ2n) is 5.52. The van der Waals surface area contributed by atoms with Crippen LogP contribution in [-0.2, 0) is 7.05 Å². The number of benzene rings is 1. The minimum Gasteiger partial charge on any atom is -0.383 e. The minimum absolute atomic E-state index is 0.144. The summed E-state index contributed by atoms with van der Waals surface area (Å²) in [6, 6.07) is 8.66. The van der Waals surface area contributed by atoms with Crippen molar-refractivity contribution in [2.75, 3.05) is 11.9 Å². The lowest BCUT2D eigenvalue weighted by Crippen LogP contribution is -2.34. The van der Waals surface area contributed by atoms with Crippen LogP contribution in [0.2, 0.25) is 0 Å². The van der Waals surface area contributed by atoms with Crippen molar-refractivity contribution in [2.24, 2.45) is 12.5 Å². The summed E-state index contributed by atoms with van der Waals surface area (Å²) in [5.74, 6) is 1.01. The quantitative estimate of drug-likeness (QED) is 0.916. The van der Waals surface area contributed by atoms with Crippen molar-refractivity contribution in [3.8, 4) is 6.07 Å². The number of nitriles is 1. The van der Waals surface area contributed by atoms with E-state index in [4.69, 9.17) is 0 Å². The molecule has 4 heteroatoms. The first kappa shape index (κ1) is 12.0. The van der Waals surface area contributed by atoms with Gasteiger partial charge in [0, 0.05) is 19.3 Å². The van der Waals surface area contributed by atoms with Crippen LogP contribution in [0.1, 0.15) is 25.1 Å². The summed E-state index contributed by atoms with van der Waals surface area (Å²) in [4.78, 5) is 4.53. The first-order valence-corrected chi connectivity index (χ1v) is 6.72. The van der Waals surface area contributed by atoms with E-state index in [1.807, 2.05) is 14.0 Å². The molecule has 1 aliphatic carbocycles. The molecule has 0 bridgehead atoms. The van der Waals surface area contributed by atoms with Gasteiger partial charge in [0.2, 0.25) is 0 Å². The lowest BCUT2D eigenvalue weighted by molar-refractivity contribution is 0.233. The average molecular weight is 254 g/mol. The molecule has 0 spiro atoms. The minimum atomic E-state index is -0.144. The Hall–Kier alpha value is -2.02. The monoisotopic (exact) mass is 254 g/mol. The van der Waals surface area contributed by atoms with Crippen LogP contribution >= 0.6 is 0 Å².